The Bertz CT molecular complexity index is 866. The second kappa shape index (κ2) is 7.44. The zero-order chi connectivity index (χ0) is 19.7. The van der Waals surface area contributed by atoms with Gasteiger partial charge in [0.2, 0.25) is 0 Å². The molecule has 0 spiro atoms. The molecule has 6 N–H and O–H groups in total. The number of hydrogen-bond acceptors (Lipinski definition) is 11. The Morgan fingerprint density at radius 3 is 2.89 bits per heavy atom. The van der Waals surface area contributed by atoms with E-state index >= 15 is 0 Å². The minimum absolute atomic E-state index is 0.0177. The Kier molecular flexibility index (Phi) is 5.23. The molecule has 1 amide bonds. The summed E-state index contributed by atoms with van der Waals surface area (Å²) in [4.78, 5) is 39.8. The number of hydrogen-bond donors (Lipinski definition) is 5. The van der Waals surface area contributed by atoms with Crippen LogP contribution in [0.3, 0.4) is 0 Å². The predicted octanol–water partition coefficient (Wildman–Crippen LogP) is -0.665. The third-order valence-corrected chi connectivity index (χ3v) is 5.84. The van der Waals surface area contributed by atoms with Gasteiger partial charge in [0, 0.05) is 16.7 Å². The number of nitrogens with two attached hydrogens (primary N) is 1. The predicted molar refractivity (Wildman–Crippen MR) is 96.4 cm³/mol. The molecule has 0 radical (unpaired) electrons. The van der Waals surface area contributed by atoms with Gasteiger partial charge < -0.3 is 31.4 Å². The highest BCUT2D eigenvalue weighted by atomic mass is 32.2. The number of thioether (sulfide) groups is 1. The van der Waals surface area contributed by atoms with Crippen molar-refractivity contribution in [2.75, 3.05) is 11.5 Å². The van der Waals surface area contributed by atoms with E-state index in [4.69, 9.17) is 15.7 Å². The van der Waals surface area contributed by atoms with E-state index < -0.39 is 35.0 Å². The molecule has 2 aliphatic heterocycles. The second-order valence-electron chi connectivity index (χ2n) is 5.63. The number of nitrogens with zero attached hydrogens (tertiary/aromatic N) is 2. The van der Waals surface area contributed by atoms with Crippen molar-refractivity contribution in [2.24, 2.45) is 5.16 Å². The number of aliphatic carboxylic acids is 1. The number of amides is 1. The van der Waals surface area contributed by atoms with Gasteiger partial charge in [-0.15, -0.1) is 23.1 Å². The lowest BCUT2D eigenvalue weighted by molar-refractivity contribution is -0.142. The van der Waals surface area contributed by atoms with Gasteiger partial charge in [0.15, 0.2) is 16.9 Å². The SMILES string of the molecule is C[C@@H]1OC(=O)C2=C1CS[C@H]([C@H](NC(=O)/C(=N/O)c1csc(N)n1)C(=O)O)N2. The van der Waals surface area contributed by atoms with E-state index in [1.165, 1.54) is 17.1 Å². The third kappa shape index (κ3) is 3.68. The number of thiazole rings is 1. The molecule has 3 atom stereocenters. The monoisotopic (exact) mass is 413 g/mol. The number of nitrogen functional groups attached to an aromatic ring is 1. The Morgan fingerprint density at radius 2 is 2.30 bits per heavy atom. The summed E-state index contributed by atoms with van der Waals surface area (Å²) in [6.07, 6.45) is -0.380. The van der Waals surface area contributed by atoms with E-state index in [0.717, 1.165) is 16.9 Å². The van der Waals surface area contributed by atoms with Crippen molar-refractivity contribution in [3.05, 3.63) is 22.3 Å². The summed E-state index contributed by atoms with van der Waals surface area (Å²) in [5.41, 5.74) is 6.00. The Morgan fingerprint density at radius 1 is 1.56 bits per heavy atom. The number of carbonyl (C=O) groups is 3. The molecule has 13 heteroatoms. The lowest BCUT2D eigenvalue weighted by Gasteiger charge is -2.29. The molecule has 0 aliphatic carbocycles. The number of cyclic esters (lactones) is 1. The molecular weight excluding hydrogens is 398 g/mol. The Hall–Kier alpha value is -2.80. The standard InChI is InChI=1S/C14H15N5O6S2/c1-4-5-2-26-11(18-7(5)13(23)25-4)9(12(21)22)17-10(20)8(19-24)6-3-27-14(15)16-6/h3-4,9,11,18,24H,2H2,1H3,(H2,15,16)(H,17,20)(H,21,22)/b19-8+/t4-,9-,11+/m0/s1. The van der Waals surface area contributed by atoms with Crippen LogP contribution in [0.5, 0.6) is 0 Å². The summed E-state index contributed by atoms with van der Waals surface area (Å²) in [7, 11) is 0. The van der Waals surface area contributed by atoms with Crippen molar-refractivity contribution in [3.63, 3.8) is 0 Å². The first kappa shape index (κ1) is 19.0. The smallest absolute Gasteiger partial charge is 0.355 e. The van der Waals surface area contributed by atoms with E-state index in [1.807, 2.05) is 0 Å². The maximum atomic E-state index is 12.4. The van der Waals surface area contributed by atoms with Crippen molar-refractivity contribution >= 4 is 51.8 Å². The fraction of sp³-hybridized carbons (Fsp3) is 0.357. The number of anilines is 1. The summed E-state index contributed by atoms with van der Waals surface area (Å²) in [6.45, 7) is 1.73. The molecule has 0 unspecified atom stereocenters. The normalized spacial score (nSPS) is 23.3. The van der Waals surface area contributed by atoms with Crippen LogP contribution in [-0.4, -0.2) is 62.1 Å². The number of nitrogens with one attached hydrogen (secondary N) is 2. The first-order valence-electron chi connectivity index (χ1n) is 7.61. The lowest BCUT2D eigenvalue weighted by Crippen LogP contribution is -2.55. The minimum atomic E-state index is -1.41. The van der Waals surface area contributed by atoms with E-state index in [0.29, 0.717) is 5.75 Å². The zero-order valence-corrected chi connectivity index (χ0v) is 15.5. The summed E-state index contributed by atoms with van der Waals surface area (Å²) in [5.74, 6) is -2.45. The Labute approximate surface area is 160 Å². The molecule has 144 valence electrons. The molecule has 11 nitrogen and oxygen atoms in total. The molecular formula is C14H15N5O6S2. The summed E-state index contributed by atoms with van der Waals surface area (Å²) in [5, 5.41) is 27.4. The number of carboxylic acid groups (broad SMARTS) is 1. The minimum Gasteiger partial charge on any atom is -0.480 e. The van der Waals surface area contributed by atoms with E-state index in [2.05, 4.69) is 20.8 Å². The van der Waals surface area contributed by atoms with Gasteiger partial charge in [-0.2, -0.15) is 0 Å². The highest BCUT2D eigenvalue weighted by molar-refractivity contribution is 8.00. The molecule has 0 bridgehead atoms. The molecule has 2 aliphatic rings. The molecule has 0 fully saturated rings. The van der Waals surface area contributed by atoms with Crippen LogP contribution >= 0.6 is 23.1 Å². The van der Waals surface area contributed by atoms with Crippen molar-refractivity contribution in [1.29, 1.82) is 0 Å². The summed E-state index contributed by atoms with van der Waals surface area (Å²) < 4.78 is 5.10. The van der Waals surface area contributed by atoms with Crippen molar-refractivity contribution in [2.45, 2.75) is 24.4 Å². The maximum Gasteiger partial charge on any atom is 0.355 e. The number of carbonyl (C=O) groups excluding carboxylic acids is 2. The van der Waals surface area contributed by atoms with E-state index in [-0.39, 0.29) is 22.6 Å². The van der Waals surface area contributed by atoms with Crippen LogP contribution in [0.25, 0.3) is 0 Å². The van der Waals surface area contributed by atoms with Crippen LogP contribution in [0, 0.1) is 0 Å². The molecule has 0 saturated carbocycles. The van der Waals surface area contributed by atoms with Gasteiger partial charge in [0.05, 0.1) is 0 Å². The van der Waals surface area contributed by atoms with Crippen LogP contribution in [0.15, 0.2) is 21.8 Å². The second-order valence-corrected chi connectivity index (χ2v) is 7.65. The average molecular weight is 413 g/mol. The zero-order valence-electron chi connectivity index (χ0n) is 13.8. The number of oxime groups is 1. The molecule has 1 aromatic rings. The highest BCUT2D eigenvalue weighted by Gasteiger charge is 2.41. The number of rotatable bonds is 5. The molecule has 0 aromatic carbocycles. The average Bonchev–Trinajstić information content (AvgIpc) is 3.16. The van der Waals surface area contributed by atoms with Crippen LogP contribution in [0.4, 0.5) is 5.13 Å². The van der Waals surface area contributed by atoms with Crippen molar-refractivity contribution in [3.8, 4) is 0 Å². The third-order valence-electron chi connectivity index (χ3n) is 3.94. The number of aromatic nitrogens is 1. The Balaban J connectivity index is 1.77. The first-order chi connectivity index (χ1) is 12.8. The molecule has 1 aromatic heterocycles. The van der Waals surface area contributed by atoms with Gasteiger partial charge in [-0.1, -0.05) is 5.16 Å². The molecule has 0 saturated heterocycles. The van der Waals surface area contributed by atoms with Gasteiger partial charge in [-0.05, 0) is 6.92 Å². The van der Waals surface area contributed by atoms with Gasteiger partial charge >= 0.3 is 11.9 Å². The highest BCUT2D eigenvalue weighted by Crippen LogP contribution is 2.32. The lowest BCUT2D eigenvalue weighted by atomic mass is 10.1. The van der Waals surface area contributed by atoms with Crippen LogP contribution in [0.2, 0.25) is 0 Å². The van der Waals surface area contributed by atoms with Crippen LogP contribution in [0.1, 0.15) is 12.6 Å². The topological polar surface area (TPSA) is 176 Å². The fourth-order valence-electron chi connectivity index (χ4n) is 2.60. The summed E-state index contributed by atoms with van der Waals surface area (Å²) in [6, 6.07) is -1.41. The van der Waals surface area contributed by atoms with Crippen molar-refractivity contribution in [1.82, 2.24) is 15.6 Å². The number of esters is 1. The van der Waals surface area contributed by atoms with Gasteiger partial charge in [0.1, 0.15) is 22.9 Å². The maximum absolute atomic E-state index is 12.4. The van der Waals surface area contributed by atoms with Gasteiger partial charge in [0.25, 0.3) is 5.91 Å². The van der Waals surface area contributed by atoms with E-state index in [9.17, 15) is 19.5 Å². The first-order valence-corrected chi connectivity index (χ1v) is 9.54. The summed E-state index contributed by atoms with van der Waals surface area (Å²) >= 11 is 2.24. The number of ether oxygens (including phenoxy) is 1. The molecule has 3 heterocycles. The van der Waals surface area contributed by atoms with Crippen LogP contribution < -0.4 is 16.4 Å². The number of carboxylic acids is 1. The fourth-order valence-corrected chi connectivity index (χ4v) is 4.46. The largest absolute Gasteiger partial charge is 0.480 e. The quantitative estimate of drug-likeness (QED) is 0.180. The van der Waals surface area contributed by atoms with Crippen LogP contribution in [-0.2, 0) is 19.1 Å². The van der Waals surface area contributed by atoms with E-state index in [1.54, 1.807) is 6.92 Å². The molecule has 3 rings (SSSR count). The van der Waals surface area contributed by atoms with Gasteiger partial charge in [-0.25, -0.2) is 14.6 Å². The molecule has 27 heavy (non-hydrogen) atoms. The van der Waals surface area contributed by atoms with Gasteiger partial charge in [-0.3, -0.25) is 4.79 Å². The van der Waals surface area contributed by atoms with Crippen molar-refractivity contribution < 1.29 is 29.4 Å².